The molecule has 0 amide bonds. The SMILES string of the molecule is C=C(CN)CC(=O)O. The first-order valence-corrected chi connectivity index (χ1v) is 2.25. The molecule has 0 fully saturated rings. The molecule has 0 spiro atoms. The second kappa shape index (κ2) is 3.21. The number of nitrogens with two attached hydrogens (primary N) is 1. The standard InChI is InChI=1S/C5H9NO2/c1-4(3-6)2-5(7)8/h1-3,6H2,(H,7,8). The Labute approximate surface area is 47.8 Å². The first-order valence-electron chi connectivity index (χ1n) is 2.25. The maximum Gasteiger partial charge on any atom is 0.307 e. The third-order valence-corrected chi connectivity index (χ3v) is 0.690. The number of rotatable bonds is 3. The van der Waals surface area contributed by atoms with Gasteiger partial charge in [-0.15, -0.1) is 0 Å². The lowest BCUT2D eigenvalue weighted by Gasteiger charge is -1.93. The molecule has 0 aliphatic heterocycles. The van der Waals surface area contributed by atoms with E-state index in [1.807, 2.05) is 0 Å². The summed E-state index contributed by atoms with van der Waals surface area (Å²) in [5.74, 6) is -0.875. The Morgan fingerprint density at radius 2 is 2.25 bits per heavy atom. The smallest absolute Gasteiger partial charge is 0.307 e. The zero-order chi connectivity index (χ0) is 6.57. The Kier molecular flexibility index (Phi) is 2.88. The van der Waals surface area contributed by atoms with Gasteiger partial charge >= 0.3 is 5.97 Å². The summed E-state index contributed by atoms with van der Waals surface area (Å²) < 4.78 is 0. The van der Waals surface area contributed by atoms with Crippen molar-refractivity contribution in [2.45, 2.75) is 6.42 Å². The molecule has 0 rings (SSSR count). The van der Waals surface area contributed by atoms with Crippen molar-refractivity contribution in [3.8, 4) is 0 Å². The molecule has 0 bridgehead atoms. The molecule has 3 N–H and O–H groups in total. The van der Waals surface area contributed by atoms with Crippen molar-refractivity contribution in [1.82, 2.24) is 0 Å². The van der Waals surface area contributed by atoms with Crippen molar-refractivity contribution >= 4 is 5.97 Å². The summed E-state index contributed by atoms with van der Waals surface area (Å²) in [6.07, 6.45) is -0.0174. The third kappa shape index (κ3) is 3.36. The highest BCUT2D eigenvalue weighted by molar-refractivity contribution is 5.69. The predicted octanol–water partition coefficient (Wildman–Crippen LogP) is -0.0240. The van der Waals surface area contributed by atoms with Gasteiger partial charge in [0.15, 0.2) is 0 Å². The molecule has 0 saturated heterocycles. The first-order chi connectivity index (χ1) is 3.66. The van der Waals surface area contributed by atoms with E-state index in [-0.39, 0.29) is 13.0 Å². The highest BCUT2D eigenvalue weighted by atomic mass is 16.4. The van der Waals surface area contributed by atoms with Crippen LogP contribution in [0.5, 0.6) is 0 Å². The fourth-order valence-electron chi connectivity index (χ4n) is 0.286. The van der Waals surface area contributed by atoms with E-state index >= 15 is 0 Å². The van der Waals surface area contributed by atoms with Gasteiger partial charge in [0.2, 0.25) is 0 Å². The second-order valence-corrected chi connectivity index (χ2v) is 1.52. The van der Waals surface area contributed by atoms with Crippen molar-refractivity contribution in [2.75, 3.05) is 6.54 Å². The van der Waals surface area contributed by atoms with E-state index in [4.69, 9.17) is 10.8 Å². The van der Waals surface area contributed by atoms with Crippen LogP contribution in [0.15, 0.2) is 12.2 Å². The number of carbonyl (C=O) groups is 1. The lowest BCUT2D eigenvalue weighted by molar-refractivity contribution is -0.136. The van der Waals surface area contributed by atoms with Crippen LogP contribution < -0.4 is 5.73 Å². The van der Waals surface area contributed by atoms with Gasteiger partial charge in [0.25, 0.3) is 0 Å². The van der Waals surface area contributed by atoms with Crippen LogP contribution in [0.4, 0.5) is 0 Å². The Balaban J connectivity index is 3.40. The summed E-state index contributed by atoms with van der Waals surface area (Å²) in [6, 6.07) is 0. The molecule has 0 unspecified atom stereocenters. The van der Waals surface area contributed by atoms with Gasteiger partial charge in [-0.3, -0.25) is 4.79 Å². The molecule has 46 valence electrons. The Bertz CT molecular complexity index is 109. The van der Waals surface area contributed by atoms with Crippen LogP contribution in [0.25, 0.3) is 0 Å². The van der Waals surface area contributed by atoms with Gasteiger partial charge in [0, 0.05) is 6.54 Å². The molecule has 0 aromatic heterocycles. The van der Waals surface area contributed by atoms with Crippen LogP contribution in [0.2, 0.25) is 0 Å². The van der Waals surface area contributed by atoms with Gasteiger partial charge in [-0.2, -0.15) is 0 Å². The molecule has 0 atom stereocenters. The first kappa shape index (κ1) is 7.17. The largest absolute Gasteiger partial charge is 0.481 e. The van der Waals surface area contributed by atoms with Crippen molar-refractivity contribution in [3.05, 3.63) is 12.2 Å². The van der Waals surface area contributed by atoms with Crippen molar-refractivity contribution < 1.29 is 9.90 Å². The molecule has 0 saturated carbocycles. The van der Waals surface area contributed by atoms with Crippen molar-refractivity contribution in [1.29, 1.82) is 0 Å². The summed E-state index contributed by atoms with van der Waals surface area (Å²) in [6.45, 7) is 3.66. The van der Waals surface area contributed by atoms with Crippen molar-refractivity contribution in [3.63, 3.8) is 0 Å². The summed E-state index contributed by atoms with van der Waals surface area (Å²) in [7, 11) is 0. The quantitative estimate of drug-likeness (QED) is 0.508. The zero-order valence-corrected chi connectivity index (χ0v) is 4.55. The molecule has 3 heteroatoms. The van der Waals surface area contributed by atoms with E-state index in [2.05, 4.69) is 6.58 Å². The minimum absolute atomic E-state index is 0.0174. The number of aliphatic carboxylic acids is 1. The maximum atomic E-state index is 9.85. The molecule has 3 nitrogen and oxygen atoms in total. The lowest BCUT2D eigenvalue weighted by atomic mass is 10.2. The average molecular weight is 115 g/mol. The van der Waals surface area contributed by atoms with E-state index in [1.165, 1.54) is 0 Å². The Morgan fingerprint density at radius 3 is 2.38 bits per heavy atom. The highest BCUT2D eigenvalue weighted by Gasteiger charge is 1.96. The zero-order valence-electron chi connectivity index (χ0n) is 4.55. The minimum atomic E-state index is -0.875. The fraction of sp³-hybridized carbons (Fsp3) is 0.400. The summed E-state index contributed by atoms with van der Waals surface area (Å²) in [5.41, 5.74) is 5.61. The molecule has 0 heterocycles. The number of hydrogen-bond acceptors (Lipinski definition) is 2. The maximum absolute atomic E-state index is 9.85. The van der Waals surface area contributed by atoms with Crippen LogP contribution in [-0.4, -0.2) is 17.6 Å². The van der Waals surface area contributed by atoms with E-state index < -0.39 is 5.97 Å². The van der Waals surface area contributed by atoms with E-state index in [0.29, 0.717) is 5.57 Å². The highest BCUT2D eigenvalue weighted by Crippen LogP contribution is 1.92. The van der Waals surface area contributed by atoms with Gasteiger partial charge < -0.3 is 10.8 Å². The van der Waals surface area contributed by atoms with Crippen LogP contribution >= 0.6 is 0 Å². The molecule has 8 heavy (non-hydrogen) atoms. The second-order valence-electron chi connectivity index (χ2n) is 1.52. The number of carboxylic acid groups (broad SMARTS) is 1. The van der Waals surface area contributed by atoms with Gasteiger partial charge in [-0.25, -0.2) is 0 Å². The minimum Gasteiger partial charge on any atom is -0.481 e. The van der Waals surface area contributed by atoms with Gasteiger partial charge in [0.05, 0.1) is 6.42 Å². The number of hydrogen-bond donors (Lipinski definition) is 2. The summed E-state index contributed by atoms with van der Waals surface area (Å²) in [5, 5.41) is 8.10. The monoisotopic (exact) mass is 115 g/mol. The van der Waals surface area contributed by atoms with Crippen LogP contribution in [0, 0.1) is 0 Å². The van der Waals surface area contributed by atoms with E-state index in [0.717, 1.165) is 0 Å². The molecular weight excluding hydrogens is 106 g/mol. The van der Waals surface area contributed by atoms with Gasteiger partial charge in [-0.05, 0) is 0 Å². The van der Waals surface area contributed by atoms with Crippen LogP contribution in [0.1, 0.15) is 6.42 Å². The fourth-order valence-corrected chi connectivity index (χ4v) is 0.286. The van der Waals surface area contributed by atoms with Gasteiger partial charge in [0.1, 0.15) is 0 Å². The van der Waals surface area contributed by atoms with E-state index in [1.54, 1.807) is 0 Å². The number of carboxylic acids is 1. The predicted molar refractivity (Wildman–Crippen MR) is 30.4 cm³/mol. The molecule has 0 aliphatic rings. The molecule has 0 aliphatic carbocycles. The molecule has 0 radical (unpaired) electrons. The van der Waals surface area contributed by atoms with Crippen molar-refractivity contribution in [2.24, 2.45) is 5.73 Å². The lowest BCUT2D eigenvalue weighted by Crippen LogP contribution is -2.06. The summed E-state index contributed by atoms with van der Waals surface area (Å²) in [4.78, 5) is 9.85. The Morgan fingerprint density at radius 1 is 1.75 bits per heavy atom. The average Bonchev–Trinajstić information content (AvgIpc) is 1.65. The Hall–Kier alpha value is -0.830. The third-order valence-electron chi connectivity index (χ3n) is 0.690. The molecule has 0 aromatic carbocycles. The summed E-state index contributed by atoms with van der Waals surface area (Å²) >= 11 is 0. The van der Waals surface area contributed by atoms with Crippen LogP contribution in [-0.2, 0) is 4.79 Å². The van der Waals surface area contributed by atoms with E-state index in [9.17, 15) is 4.79 Å². The topological polar surface area (TPSA) is 63.3 Å². The molecular formula is C5H9NO2. The van der Waals surface area contributed by atoms with Gasteiger partial charge in [-0.1, -0.05) is 12.2 Å². The normalized spacial score (nSPS) is 8.62. The molecule has 0 aromatic rings. The van der Waals surface area contributed by atoms with Crippen LogP contribution in [0.3, 0.4) is 0 Å².